The van der Waals surface area contributed by atoms with Crippen molar-refractivity contribution in [3.63, 3.8) is 0 Å². The number of alkyl halides is 4. The molecule has 0 saturated heterocycles. The summed E-state index contributed by atoms with van der Waals surface area (Å²) in [5.41, 5.74) is -0.297. The molecule has 6 nitrogen and oxygen atoms in total. The zero-order valence-corrected chi connectivity index (χ0v) is 20.5. The smallest absolute Gasteiger partial charge is 0.416 e. The maximum Gasteiger partial charge on any atom is 0.416 e. The van der Waals surface area contributed by atoms with Gasteiger partial charge in [-0.15, -0.1) is 0 Å². The number of ether oxygens (including phenoxy) is 2. The highest BCUT2D eigenvalue weighted by Gasteiger charge is 2.30. The van der Waals surface area contributed by atoms with E-state index in [1.165, 1.54) is 36.4 Å². The van der Waals surface area contributed by atoms with Crippen LogP contribution in [0.4, 0.5) is 13.2 Å². The molecular formula is C26H20Cl2F3NO5. The van der Waals surface area contributed by atoms with Crippen molar-refractivity contribution >= 4 is 35.1 Å². The molecule has 0 bridgehead atoms. The Hall–Kier alpha value is -3.43. The van der Waals surface area contributed by atoms with Crippen LogP contribution in [0.5, 0.6) is 17.2 Å². The monoisotopic (exact) mass is 553 g/mol. The van der Waals surface area contributed by atoms with Crippen molar-refractivity contribution in [2.24, 2.45) is 0 Å². The van der Waals surface area contributed by atoms with E-state index >= 15 is 0 Å². The molecular weight excluding hydrogens is 534 g/mol. The van der Waals surface area contributed by atoms with Gasteiger partial charge in [-0.1, -0.05) is 35.3 Å². The van der Waals surface area contributed by atoms with E-state index in [9.17, 15) is 27.9 Å². The van der Waals surface area contributed by atoms with Crippen LogP contribution in [-0.2, 0) is 17.4 Å². The van der Waals surface area contributed by atoms with Gasteiger partial charge in [0.15, 0.2) is 0 Å². The van der Waals surface area contributed by atoms with Gasteiger partial charge in [0, 0.05) is 23.6 Å². The van der Waals surface area contributed by atoms with E-state index in [1.54, 1.807) is 12.1 Å². The molecule has 2 N–H and O–H groups in total. The van der Waals surface area contributed by atoms with Crippen LogP contribution < -0.4 is 14.8 Å². The molecule has 3 aromatic rings. The number of carboxylic acids is 1. The van der Waals surface area contributed by atoms with Gasteiger partial charge in [0.2, 0.25) is 0 Å². The first-order valence-electron chi connectivity index (χ1n) is 11.1. The SMILES string of the molecule is O=C(NC(Cl)Cc1ccc(C(F)(F)F)cc1)c1ccc(Oc2cc3c(cc2Cl)C(C(=O)O)CCO3)cc1. The summed E-state index contributed by atoms with van der Waals surface area (Å²) in [6, 6.07) is 13.7. The van der Waals surface area contributed by atoms with Crippen molar-refractivity contribution in [3.8, 4) is 17.2 Å². The van der Waals surface area contributed by atoms with Crippen LogP contribution in [0.25, 0.3) is 0 Å². The summed E-state index contributed by atoms with van der Waals surface area (Å²) in [5.74, 6) is -1.12. The summed E-state index contributed by atoms with van der Waals surface area (Å²) < 4.78 is 49.5. The number of carbonyl (C=O) groups excluding carboxylic acids is 1. The molecule has 3 aromatic carbocycles. The first kappa shape index (κ1) is 26.6. The lowest BCUT2D eigenvalue weighted by Gasteiger charge is -2.24. The Labute approximate surface area is 219 Å². The molecule has 2 unspecified atom stereocenters. The second kappa shape index (κ2) is 10.9. The Morgan fingerprint density at radius 1 is 1.11 bits per heavy atom. The van der Waals surface area contributed by atoms with E-state index in [0.717, 1.165) is 12.1 Å². The van der Waals surface area contributed by atoms with E-state index in [0.29, 0.717) is 29.0 Å². The van der Waals surface area contributed by atoms with Crippen molar-refractivity contribution in [2.75, 3.05) is 6.61 Å². The number of amides is 1. The molecule has 1 aliphatic rings. The maximum atomic E-state index is 12.7. The topological polar surface area (TPSA) is 84.9 Å². The normalized spacial score (nSPS) is 15.8. The predicted octanol–water partition coefficient (Wildman–Crippen LogP) is 6.64. The minimum Gasteiger partial charge on any atom is -0.493 e. The highest BCUT2D eigenvalue weighted by atomic mass is 35.5. The van der Waals surface area contributed by atoms with E-state index in [4.69, 9.17) is 32.7 Å². The molecule has 11 heteroatoms. The third kappa shape index (κ3) is 6.47. The lowest BCUT2D eigenvalue weighted by atomic mass is 9.93. The Balaban J connectivity index is 1.37. The van der Waals surface area contributed by atoms with Crippen molar-refractivity contribution in [3.05, 3.63) is 87.9 Å². The molecule has 0 radical (unpaired) electrons. The number of carboxylic acid groups (broad SMARTS) is 1. The van der Waals surface area contributed by atoms with Crippen LogP contribution in [0.2, 0.25) is 5.02 Å². The van der Waals surface area contributed by atoms with E-state index < -0.39 is 35.0 Å². The van der Waals surface area contributed by atoms with E-state index in [-0.39, 0.29) is 29.4 Å². The number of hydrogen-bond acceptors (Lipinski definition) is 4. The average Bonchev–Trinajstić information content (AvgIpc) is 2.84. The Bertz CT molecular complexity index is 1300. The van der Waals surface area contributed by atoms with Crippen molar-refractivity contribution < 1.29 is 37.3 Å². The van der Waals surface area contributed by atoms with Gasteiger partial charge >= 0.3 is 12.1 Å². The molecule has 0 fully saturated rings. The van der Waals surface area contributed by atoms with Gasteiger partial charge in [-0.2, -0.15) is 13.2 Å². The van der Waals surface area contributed by atoms with Gasteiger partial charge in [-0.25, -0.2) is 0 Å². The van der Waals surface area contributed by atoms with Crippen LogP contribution in [-0.4, -0.2) is 29.1 Å². The zero-order chi connectivity index (χ0) is 26.7. The van der Waals surface area contributed by atoms with Crippen molar-refractivity contribution in [1.82, 2.24) is 5.32 Å². The van der Waals surface area contributed by atoms with Gasteiger partial charge in [-0.3, -0.25) is 9.59 Å². The summed E-state index contributed by atoms with van der Waals surface area (Å²) in [6.07, 6.45) is -3.95. The van der Waals surface area contributed by atoms with Crippen LogP contribution in [0, 0.1) is 0 Å². The second-order valence-electron chi connectivity index (χ2n) is 8.31. The molecule has 0 aliphatic carbocycles. The Kier molecular flexibility index (Phi) is 7.85. The lowest BCUT2D eigenvalue weighted by molar-refractivity contribution is -0.139. The van der Waals surface area contributed by atoms with Crippen LogP contribution in [0.15, 0.2) is 60.7 Å². The largest absolute Gasteiger partial charge is 0.493 e. The number of hydrogen-bond donors (Lipinski definition) is 2. The quantitative estimate of drug-likeness (QED) is 0.253. The van der Waals surface area contributed by atoms with Gasteiger partial charge in [0.05, 0.1) is 23.1 Å². The first-order chi connectivity index (χ1) is 17.5. The third-order valence-corrected chi connectivity index (χ3v) is 6.29. The fraction of sp³-hybridized carbons (Fsp3) is 0.231. The minimum atomic E-state index is -4.43. The molecule has 4 rings (SSSR count). The molecule has 194 valence electrons. The molecule has 0 aromatic heterocycles. The van der Waals surface area contributed by atoms with E-state index in [1.807, 2.05) is 0 Å². The van der Waals surface area contributed by atoms with Crippen molar-refractivity contribution in [1.29, 1.82) is 0 Å². The first-order valence-corrected chi connectivity index (χ1v) is 11.9. The maximum absolute atomic E-state index is 12.7. The number of carbonyl (C=O) groups is 2. The summed E-state index contributed by atoms with van der Waals surface area (Å²) >= 11 is 12.5. The Morgan fingerprint density at radius 2 is 1.78 bits per heavy atom. The number of nitrogens with one attached hydrogen (secondary N) is 1. The molecule has 2 atom stereocenters. The van der Waals surface area contributed by atoms with Gasteiger partial charge in [0.25, 0.3) is 5.91 Å². The van der Waals surface area contributed by atoms with Crippen LogP contribution >= 0.6 is 23.2 Å². The highest BCUT2D eigenvalue weighted by molar-refractivity contribution is 6.32. The molecule has 1 amide bonds. The summed E-state index contributed by atoms with van der Waals surface area (Å²) in [4.78, 5) is 24.0. The summed E-state index contributed by atoms with van der Waals surface area (Å²) in [6.45, 7) is 0.259. The summed E-state index contributed by atoms with van der Waals surface area (Å²) in [7, 11) is 0. The number of fused-ring (bicyclic) bond motifs is 1. The van der Waals surface area contributed by atoms with Crippen molar-refractivity contribution in [2.45, 2.75) is 30.4 Å². The fourth-order valence-electron chi connectivity index (χ4n) is 3.84. The number of benzene rings is 3. The predicted molar refractivity (Wildman–Crippen MR) is 131 cm³/mol. The van der Waals surface area contributed by atoms with Gasteiger partial charge in [0.1, 0.15) is 22.7 Å². The second-order valence-corrected chi connectivity index (χ2v) is 9.25. The highest BCUT2D eigenvalue weighted by Crippen LogP contribution is 2.41. The van der Waals surface area contributed by atoms with Gasteiger partial charge in [-0.05, 0) is 54.4 Å². The molecule has 0 spiro atoms. The van der Waals surface area contributed by atoms with Gasteiger partial charge < -0.3 is 19.9 Å². The fourth-order valence-corrected chi connectivity index (χ4v) is 4.33. The number of rotatable bonds is 7. The van der Waals surface area contributed by atoms with E-state index in [2.05, 4.69) is 5.32 Å². The standard InChI is InChI=1S/C26H20Cl2F3NO5/c27-20-12-19-18(25(34)35)9-10-36-21(19)13-22(20)37-17-7-3-15(4-8-17)24(33)32-23(28)11-14-1-5-16(6-2-14)26(29,30)31/h1-8,12-13,18,23H,9-11H2,(H,32,33)(H,34,35). The lowest BCUT2D eigenvalue weighted by Crippen LogP contribution is -2.32. The molecule has 1 aliphatic heterocycles. The zero-order valence-electron chi connectivity index (χ0n) is 19.0. The summed E-state index contributed by atoms with van der Waals surface area (Å²) in [5, 5.41) is 12.2. The molecule has 37 heavy (non-hydrogen) atoms. The number of aliphatic carboxylic acids is 1. The molecule has 1 heterocycles. The van der Waals surface area contributed by atoms with Crippen LogP contribution in [0.3, 0.4) is 0 Å². The number of halogens is 5. The van der Waals surface area contributed by atoms with Crippen LogP contribution in [0.1, 0.15) is 39.4 Å². The molecule has 0 saturated carbocycles. The Morgan fingerprint density at radius 3 is 2.41 bits per heavy atom. The average molecular weight is 554 g/mol. The third-order valence-electron chi connectivity index (χ3n) is 5.73. The minimum absolute atomic E-state index is 0.133.